The van der Waals surface area contributed by atoms with Gasteiger partial charge in [0.1, 0.15) is 6.10 Å². The van der Waals surface area contributed by atoms with Crippen LogP contribution in [0.4, 0.5) is 0 Å². The lowest BCUT2D eigenvalue weighted by Crippen LogP contribution is -2.27. The van der Waals surface area contributed by atoms with Crippen molar-refractivity contribution in [1.29, 1.82) is 0 Å². The molecular weight excluding hydrogens is 580 g/mol. The van der Waals surface area contributed by atoms with Crippen molar-refractivity contribution in [1.82, 2.24) is 0 Å². The van der Waals surface area contributed by atoms with E-state index >= 15 is 0 Å². The van der Waals surface area contributed by atoms with Gasteiger partial charge in [-0.2, -0.15) is 0 Å². The third-order valence-corrected chi connectivity index (χ3v) is 8.92. The van der Waals surface area contributed by atoms with Crippen molar-refractivity contribution in [2.45, 2.75) is 213 Å². The van der Waals surface area contributed by atoms with Gasteiger partial charge in [-0.25, -0.2) is 0 Å². The number of aliphatic hydroxyl groups excluding tert-OH is 1. The number of carbonyl (C=O) groups excluding carboxylic acids is 1. The number of unbranched alkanes of at least 4 members (excludes halogenated alkanes) is 24. The van der Waals surface area contributed by atoms with Crippen molar-refractivity contribution in [3.63, 3.8) is 0 Å². The van der Waals surface area contributed by atoms with Crippen LogP contribution in [0.15, 0.2) is 36.5 Å². The first kappa shape index (κ1) is 45.6. The van der Waals surface area contributed by atoms with Crippen LogP contribution < -0.4 is 0 Å². The van der Waals surface area contributed by atoms with Crippen molar-refractivity contribution in [3.8, 4) is 0 Å². The molecular formula is C43H80O4. The molecule has 1 atom stereocenters. The number of hydrogen-bond acceptors (Lipinski definition) is 4. The predicted octanol–water partition coefficient (Wildman–Crippen LogP) is 13.3. The molecule has 0 aliphatic carbocycles. The molecule has 0 fully saturated rings. The van der Waals surface area contributed by atoms with Gasteiger partial charge in [0.05, 0.1) is 13.2 Å². The summed E-state index contributed by atoms with van der Waals surface area (Å²) in [5.74, 6) is -0.206. The molecule has 0 aromatic carbocycles. The minimum Gasteiger partial charge on any atom is -0.457 e. The third-order valence-electron chi connectivity index (χ3n) is 8.92. The van der Waals surface area contributed by atoms with Crippen molar-refractivity contribution < 1.29 is 19.4 Å². The molecule has 47 heavy (non-hydrogen) atoms. The lowest BCUT2D eigenvalue weighted by molar-refractivity contribution is -0.154. The van der Waals surface area contributed by atoms with E-state index in [4.69, 9.17) is 9.47 Å². The molecule has 0 aromatic heterocycles. The van der Waals surface area contributed by atoms with Crippen LogP contribution in [-0.2, 0) is 14.3 Å². The van der Waals surface area contributed by atoms with Crippen molar-refractivity contribution >= 4 is 5.97 Å². The molecule has 0 aliphatic heterocycles. The first-order valence-corrected chi connectivity index (χ1v) is 20.6. The Labute approximate surface area is 293 Å². The highest BCUT2D eigenvalue weighted by molar-refractivity contribution is 5.69. The van der Waals surface area contributed by atoms with Crippen LogP contribution in [0.5, 0.6) is 0 Å². The van der Waals surface area contributed by atoms with Gasteiger partial charge in [-0.15, -0.1) is 0 Å². The Hall–Kier alpha value is -1.39. The van der Waals surface area contributed by atoms with Crippen LogP contribution in [-0.4, -0.2) is 37.0 Å². The number of esters is 1. The standard InChI is InChI=1S/C43H80O4/c1-3-5-7-9-11-13-15-17-19-20-21-22-23-24-25-26-28-30-32-34-36-38-43(45)47-42(40-44)41-46-39-37-35-33-31-29-27-18-16-14-12-10-8-6-4-2/h8,10,14,16,20-21,42,44H,3-7,9,11-13,15,17-19,22-41H2,1-2H3/b10-8-,16-14-,21-20-. The summed E-state index contributed by atoms with van der Waals surface area (Å²) in [5, 5.41) is 9.58. The molecule has 0 aliphatic rings. The van der Waals surface area contributed by atoms with Gasteiger partial charge in [0.15, 0.2) is 0 Å². The lowest BCUT2D eigenvalue weighted by Gasteiger charge is -2.15. The Morgan fingerprint density at radius 1 is 0.511 bits per heavy atom. The van der Waals surface area contributed by atoms with Gasteiger partial charge >= 0.3 is 5.97 Å². The van der Waals surface area contributed by atoms with Crippen LogP contribution in [0.25, 0.3) is 0 Å². The van der Waals surface area contributed by atoms with Gasteiger partial charge in [-0.05, 0) is 64.2 Å². The minimum absolute atomic E-state index is 0.176. The van der Waals surface area contributed by atoms with Gasteiger partial charge in [-0.1, -0.05) is 172 Å². The number of allylic oxidation sites excluding steroid dienone is 6. The molecule has 0 aromatic rings. The molecule has 1 unspecified atom stereocenters. The summed E-state index contributed by atoms with van der Waals surface area (Å²) in [4.78, 5) is 12.2. The smallest absolute Gasteiger partial charge is 0.306 e. The van der Waals surface area contributed by atoms with E-state index in [2.05, 4.69) is 50.3 Å². The Morgan fingerprint density at radius 2 is 0.936 bits per heavy atom. The number of aliphatic hydroxyl groups is 1. The van der Waals surface area contributed by atoms with Crippen LogP contribution >= 0.6 is 0 Å². The van der Waals surface area contributed by atoms with Crippen molar-refractivity contribution in [3.05, 3.63) is 36.5 Å². The van der Waals surface area contributed by atoms with Crippen LogP contribution in [0.1, 0.15) is 206 Å². The third kappa shape index (κ3) is 38.9. The highest BCUT2D eigenvalue weighted by Gasteiger charge is 2.13. The molecule has 4 heteroatoms. The molecule has 0 radical (unpaired) electrons. The van der Waals surface area contributed by atoms with Gasteiger partial charge in [0.2, 0.25) is 0 Å². The molecule has 0 amide bonds. The molecule has 0 rings (SSSR count). The Kier molecular flexibility index (Phi) is 39.6. The number of rotatable bonds is 38. The zero-order valence-electron chi connectivity index (χ0n) is 31.5. The summed E-state index contributed by atoms with van der Waals surface area (Å²) in [6.45, 7) is 5.27. The van der Waals surface area contributed by atoms with Gasteiger partial charge in [-0.3, -0.25) is 4.79 Å². The maximum atomic E-state index is 12.2. The SMILES string of the molecule is CCC/C=C\C/C=C\CCCCCCCCOCC(CO)OC(=O)CCCCCCCCCCC/C=C\CCCCCCCCCC. The molecule has 0 bridgehead atoms. The first-order valence-electron chi connectivity index (χ1n) is 20.6. The second-order valence-corrected chi connectivity index (χ2v) is 13.7. The summed E-state index contributed by atoms with van der Waals surface area (Å²) in [6.07, 6.45) is 50.5. The monoisotopic (exact) mass is 661 g/mol. The van der Waals surface area contributed by atoms with E-state index in [1.165, 1.54) is 161 Å². The molecule has 0 spiro atoms. The maximum absolute atomic E-state index is 12.2. The fourth-order valence-electron chi connectivity index (χ4n) is 5.83. The van der Waals surface area contributed by atoms with E-state index in [0.29, 0.717) is 13.0 Å². The maximum Gasteiger partial charge on any atom is 0.306 e. The average molecular weight is 661 g/mol. The van der Waals surface area contributed by atoms with Gasteiger partial charge < -0.3 is 14.6 Å². The zero-order valence-corrected chi connectivity index (χ0v) is 31.5. The Balaban J connectivity index is 3.43. The van der Waals surface area contributed by atoms with E-state index in [1.807, 2.05) is 0 Å². The molecule has 0 saturated carbocycles. The van der Waals surface area contributed by atoms with Crippen molar-refractivity contribution in [2.75, 3.05) is 19.8 Å². The summed E-state index contributed by atoms with van der Waals surface area (Å²) in [6, 6.07) is 0. The number of hydrogen-bond donors (Lipinski definition) is 1. The highest BCUT2D eigenvalue weighted by atomic mass is 16.6. The van der Waals surface area contributed by atoms with Crippen molar-refractivity contribution in [2.24, 2.45) is 0 Å². The van der Waals surface area contributed by atoms with Crippen LogP contribution in [0.2, 0.25) is 0 Å². The Bertz CT molecular complexity index is 698. The van der Waals surface area contributed by atoms with E-state index in [0.717, 1.165) is 25.7 Å². The minimum atomic E-state index is -0.539. The molecule has 1 N–H and O–H groups in total. The van der Waals surface area contributed by atoms with E-state index in [9.17, 15) is 9.90 Å². The number of carbonyl (C=O) groups is 1. The second kappa shape index (κ2) is 40.8. The molecule has 276 valence electrons. The predicted molar refractivity (Wildman–Crippen MR) is 205 cm³/mol. The summed E-state index contributed by atoms with van der Waals surface area (Å²) >= 11 is 0. The fourth-order valence-corrected chi connectivity index (χ4v) is 5.83. The quantitative estimate of drug-likeness (QED) is 0.0407. The normalized spacial score (nSPS) is 12.7. The van der Waals surface area contributed by atoms with Crippen LogP contribution in [0, 0.1) is 0 Å². The first-order chi connectivity index (χ1) is 23.2. The van der Waals surface area contributed by atoms with Crippen LogP contribution in [0.3, 0.4) is 0 Å². The second-order valence-electron chi connectivity index (χ2n) is 13.7. The van der Waals surface area contributed by atoms with E-state index in [1.54, 1.807) is 0 Å². The zero-order chi connectivity index (χ0) is 34.1. The molecule has 0 saturated heterocycles. The summed E-state index contributed by atoms with van der Waals surface area (Å²) < 4.78 is 11.1. The topological polar surface area (TPSA) is 55.8 Å². The number of ether oxygens (including phenoxy) is 2. The van der Waals surface area contributed by atoms with E-state index in [-0.39, 0.29) is 19.2 Å². The highest BCUT2D eigenvalue weighted by Crippen LogP contribution is 2.14. The van der Waals surface area contributed by atoms with Gasteiger partial charge in [0.25, 0.3) is 0 Å². The molecule has 0 heterocycles. The average Bonchev–Trinajstić information content (AvgIpc) is 3.08. The van der Waals surface area contributed by atoms with Gasteiger partial charge in [0, 0.05) is 13.0 Å². The fraction of sp³-hybridized carbons (Fsp3) is 0.837. The molecule has 4 nitrogen and oxygen atoms in total. The lowest BCUT2D eigenvalue weighted by atomic mass is 10.1. The summed E-state index contributed by atoms with van der Waals surface area (Å²) in [5.41, 5.74) is 0. The van der Waals surface area contributed by atoms with E-state index < -0.39 is 6.10 Å². The largest absolute Gasteiger partial charge is 0.457 e. The summed E-state index contributed by atoms with van der Waals surface area (Å²) in [7, 11) is 0. The Morgan fingerprint density at radius 3 is 1.43 bits per heavy atom.